The van der Waals surface area contributed by atoms with E-state index in [0.29, 0.717) is 10.6 Å². The lowest BCUT2D eigenvalue weighted by molar-refractivity contribution is 0.835. The summed E-state index contributed by atoms with van der Waals surface area (Å²) in [6.07, 6.45) is 1.86. The third-order valence-corrected chi connectivity index (χ3v) is 3.06. The van der Waals surface area contributed by atoms with Crippen LogP contribution in [0.2, 0.25) is 0 Å². The lowest BCUT2D eigenvalue weighted by atomic mass is 10.2. The Kier molecular flexibility index (Phi) is 2.67. The molecule has 0 aliphatic carbocycles. The smallest absolute Gasteiger partial charge is 0.227 e. The van der Waals surface area contributed by atoms with Crippen molar-refractivity contribution in [3.05, 3.63) is 35.1 Å². The molecule has 2 heterocycles. The minimum Gasteiger partial charge on any atom is -0.282 e. The van der Waals surface area contributed by atoms with Crippen molar-refractivity contribution in [3.63, 3.8) is 0 Å². The van der Waals surface area contributed by atoms with Crippen molar-refractivity contribution < 1.29 is 0 Å². The van der Waals surface area contributed by atoms with Crippen molar-refractivity contribution in [1.82, 2.24) is 9.38 Å². The van der Waals surface area contributed by atoms with Crippen LogP contribution in [0.3, 0.4) is 0 Å². The molecule has 0 radical (unpaired) electrons. The quantitative estimate of drug-likeness (QED) is 0.599. The molecule has 80 valence electrons. The molecule has 0 atom stereocenters. The Morgan fingerprint density at radius 2 is 2.25 bits per heavy atom. The van der Waals surface area contributed by atoms with Gasteiger partial charge in [0.15, 0.2) is 0 Å². The molecule has 4 nitrogen and oxygen atoms in total. The largest absolute Gasteiger partial charge is 0.282 e. The molecular formula is C11H10N4S. The van der Waals surface area contributed by atoms with Gasteiger partial charge in [-0.25, -0.2) is 4.98 Å². The Hall–Kier alpha value is -1.80. The van der Waals surface area contributed by atoms with Crippen molar-refractivity contribution in [2.24, 2.45) is 0 Å². The van der Waals surface area contributed by atoms with E-state index < -0.39 is 0 Å². The van der Waals surface area contributed by atoms with Gasteiger partial charge in [0.05, 0.1) is 5.52 Å². The number of hydrogen-bond donors (Lipinski definition) is 1. The minimum atomic E-state index is 0.163. The summed E-state index contributed by atoms with van der Waals surface area (Å²) in [5, 5.41) is 17.6. The van der Waals surface area contributed by atoms with Gasteiger partial charge in [0.1, 0.15) is 16.7 Å². The van der Waals surface area contributed by atoms with E-state index in [4.69, 9.17) is 10.7 Å². The molecule has 0 saturated carbocycles. The normalized spacial score (nSPS) is 10.3. The van der Waals surface area contributed by atoms with E-state index in [1.165, 1.54) is 11.8 Å². The lowest BCUT2D eigenvalue weighted by Gasteiger charge is -2.08. The van der Waals surface area contributed by atoms with Gasteiger partial charge < -0.3 is 0 Å². The van der Waals surface area contributed by atoms with Crippen molar-refractivity contribution in [3.8, 4) is 6.07 Å². The molecule has 0 amide bonds. The second kappa shape index (κ2) is 3.99. The molecule has 0 unspecified atom stereocenters. The van der Waals surface area contributed by atoms with Crippen LogP contribution in [-0.4, -0.2) is 15.6 Å². The first kappa shape index (κ1) is 10.7. The van der Waals surface area contributed by atoms with Gasteiger partial charge in [-0.05, 0) is 25.3 Å². The number of aryl methyl sites for hydroxylation is 1. The third-order valence-electron chi connectivity index (χ3n) is 2.38. The van der Waals surface area contributed by atoms with Crippen LogP contribution in [0.5, 0.6) is 0 Å². The summed E-state index contributed by atoms with van der Waals surface area (Å²) in [5.74, 6) is 0. The number of hydrogen-bond acceptors (Lipinski definition) is 4. The maximum Gasteiger partial charge on any atom is 0.227 e. The van der Waals surface area contributed by atoms with Gasteiger partial charge in [-0.1, -0.05) is 6.07 Å². The highest BCUT2D eigenvalue weighted by molar-refractivity contribution is 7.98. The molecule has 1 N–H and O–H groups in total. The van der Waals surface area contributed by atoms with Crippen LogP contribution in [0.25, 0.3) is 5.52 Å². The van der Waals surface area contributed by atoms with Crippen LogP contribution in [0.4, 0.5) is 0 Å². The van der Waals surface area contributed by atoms with E-state index in [9.17, 15) is 0 Å². The van der Waals surface area contributed by atoms with Crippen LogP contribution in [0.15, 0.2) is 23.2 Å². The molecule has 0 fully saturated rings. The number of nitriles is 1. The maximum atomic E-state index is 9.15. The highest BCUT2D eigenvalue weighted by Crippen LogP contribution is 2.19. The van der Waals surface area contributed by atoms with Gasteiger partial charge in [-0.2, -0.15) is 5.26 Å². The summed E-state index contributed by atoms with van der Waals surface area (Å²) in [6.45, 7) is 1.90. The molecule has 0 aliphatic rings. The second-order valence-corrected chi connectivity index (χ2v) is 4.11. The molecule has 2 aromatic rings. The van der Waals surface area contributed by atoms with Crippen LogP contribution in [0.1, 0.15) is 11.3 Å². The van der Waals surface area contributed by atoms with Crippen LogP contribution in [-0.2, 0) is 0 Å². The van der Waals surface area contributed by atoms with Crippen LogP contribution < -0.4 is 5.62 Å². The summed E-state index contributed by atoms with van der Waals surface area (Å²) < 4.78 is 1.68. The Morgan fingerprint density at radius 1 is 1.50 bits per heavy atom. The third kappa shape index (κ3) is 1.48. The van der Waals surface area contributed by atoms with Gasteiger partial charge in [-0.3, -0.25) is 9.81 Å². The van der Waals surface area contributed by atoms with Crippen molar-refractivity contribution in [2.45, 2.75) is 11.9 Å². The fourth-order valence-electron chi connectivity index (χ4n) is 1.66. The zero-order valence-corrected chi connectivity index (χ0v) is 9.80. The molecular weight excluding hydrogens is 220 g/mol. The topological polar surface area (TPSA) is 64.9 Å². The number of aromatic nitrogens is 2. The van der Waals surface area contributed by atoms with Gasteiger partial charge >= 0.3 is 0 Å². The Balaban J connectivity index is 3.05. The zero-order chi connectivity index (χ0) is 11.7. The fraction of sp³-hybridized carbons (Fsp3) is 0.182. The minimum absolute atomic E-state index is 0.163. The maximum absolute atomic E-state index is 9.15. The van der Waals surface area contributed by atoms with E-state index in [-0.39, 0.29) is 5.62 Å². The molecule has 0 aromatic carbocycles. The van der Waals surface area contributed by atoms with E-state index >= 15 is 0 Å². The Bertz CT molecular complexity index is 651. The predicted octanol–water partition coefficient (Wildman–Crippen LogP) is 1.72. The first-order chi connectivity index (χ1) is 7.69. The van der Waals surface area contributed by atoms with E-state index in [1.807, 2.05) is 31.4 Å². The number of thioether (sulfide) groups is 1. The summed E-state index contributed by atoms with van der Waals surface area (Å²) in [4.78, 5) is 4.12. The van der Waals surface area contributed by atoms with Crippen molar-refractivity contribution in [1.29, 1.82) is 10.7 Å². The summed E-state index contributed by atoms with van der Waals surface area (Å²) in [5.41, 5.74) is 2.34. The number of pyridine rings is 1. The number of nitrogens with zero attached hydrogens (tertiary/aromatic N) is 3. The number of rotatable bonds is 1. The highest BCUT2D eigenvalue weighted by Gasteiger charge is 2.10. The van der Waals surface area contributed by atoms with Crippen LogP contribution >= 0.6 is 11.8 Å². The van der Waals surface area contributed by atoms with E-state index in [1.54, 1.807) is 4.40 Å². The SMILES string of the molecule is CSc1nc(=N)n2c(C)cccc2c1C#N. The summed E-state index contributed by atoms with van der Waals surface area (Å²) in [6, 6.07) is 7.77. The standard InChI is InChI=1S/C11H10N4S/c1-7-4-3-5-9-8(6-12)10(16-2)14-11(13)15(7)9/h3-5,13H,1-2H3. The lowest BCUT2D eigenvalue weighted by Crippen LogP contribution is -2.21. The second-order valence-electron chi connectivity index (χ2n) is 3.32. The van der Waals surface area contributed by atoms with Crippen molar-refractivity contribution in [2.75, 3.05) is 6.26 Å². The molecule has 5 heteroatoms. The van der Waals surface area contributed by atoms with Gasteiger partial charge in [0.2, 0.25) is 5.62 Å². The average Bonchev–Trinajstić information content (AvgIpc) is 2.28. The Morgan fingerprint density at radius 3 is 2.88 bits per heavy atom. The molecule has 0 spiro atoms. The number of nitrogens with one attached hydrogen (secondary N) is 1. The zero-order valence-electron chi connectivity index (χ0n) is 8.98. The van der Waals surface area contributed by atoms with E-state index in [2.05, 4.69) is 11.1 Å². The van der Waals surface area contributed by atoms with Crippen LogP contribution in [0, 0.1) is 23.7 Å². The summed E-state index contributed by atoms with van der Waals surface area (Å²) in [7, 11) is 0. The summed E-state index contributed by atoms with van der Waals surface area (Å²) >= 11 is 1.39. The highest BCUT2D eigenvalue weighted by atomic mass is 32.2. The van der Waals surface area contributed by atoms with Gasteiger partial charge in [0, 0.05) is 5.69 Å². The molecule has 2 rings (SSSR count). The Labute approximate surface area is 97.1 Å². The molecule has 2 aromatic heterocycles. The average molecular weight is 230 g/mol. The van der Waals surface area contributed by atoms with Crippen molar-refractivity contribution >= 4 is 17.3 Å². The molecule has 16 heavy (non-hydrogen) atoms. The predicted molar refractivity (Wildman–Crippen MR) is 62.3 cm³/mol. The van der Waals surface area contributed by atoms with Gasteiger partial charge in [0.25, 0.3) is 0 Å². The van der Waals surface area contributed by atoms with Gasteiger partial charge in [-0.15, -0.1) is 11.8 Å². The molecule has 0 saturated heterocycles. The monoisotopic (exact) mass is 230 g/mol. The fourth-order valence-corrected chi connectivity index (χ4v) is 2.19. The molecule has 0 bridgehead atoms. The number of fused-ring (bicyclic) bond motifs is 1. The first-order valence-electron chi connectivity index (χ1n) is 4.70. The first-order valence-corrected chi connectivity index (χ1v) is 5.92. The van der Waals surface area contributed by atoms with E-state index in [0.717, 1.165) is 11.2 Å². The molecule has 0 aliphatic heterocycles.